The molecule has 0 saturated carbocycles. The van der Waals surface area contributed by atoms with Crippen molar-refractivity contribution in [3.05, 3.63) is 0 Å². The second kappa shape index (κ2) is 2.58. The van der Waals surface area contributed by atoms with Crippen LogP contribution in [0.1, 0.15) is 6.92 Å². The van der Waals surface area contributed by atoms with Crippen molar-refractivity contribution in [1.29, 1.82) is 0 Å². The normalized spacial score (nSPS) is 7.60. The van der Waals surface area contributed by atoms with E-state index < -0.39 is 0 Å². The predicted molar refractivity (Wildman–Crippen MR) is 17.7 cm³/mol. The first-order valence-electron chi connectivity index (χ1n) is 1.30. The van der Waals surface area contributed by atoms with E-state index in [0.717, 1.165) is 4.60 Å². The van der Waals surface area contributed by atoms with Gasteiger partial charge in [-0.2, -0.15) is 0 Å². The molecule has 0 spiro atoms. The molecule has 0 radical (unpaired) electrons. The molecule has 1 nitrogen and oxygen atoms in total. The fourth-order valence-electron chi connectivity index (χ4n) is 0. The molecule has 0 fully saturated rings. The number of hydrogen-bond donors (Lipinski definition) is 0. The number of ether oxygens (including phenoxy) is 1. The molecule has 0 amide bonds. The van der Waals surface area contributed by atoms with E-state index in [1.807, 2.05) is 6.92 Å². The van der Waals surface area contributed by atoms with Crippen LogP contribution in [0.15, 0.2) is 0 Å². The van der Waals surface area contributed by atoms with E-state index in [1.165, 1.54) is 0 Å². The van der Waals surface area contributed by atoms with Gasteiger partial charge in [0, 0.05) is 0 Å². The van der Waals surface area contributed by atoms with Gasteiger partial charge in [0.2, 0.25) is 0 Å². The van der Waals surface area contributed by atoms with Crippen molar-refractivity contribution in [2.45, 2.75) is 6.92 Å². The van der Waals surface area contributed by atoms with E-state index in [1.54, 1.807) is 7.11 Å². The Morgan fingerprint density at radius 2 is 2.00 bits per heavy atom. The molecule has 0 aromatic carbocycles. The van der Waals surface area contributed by atoms with Gasteiger partial charge in [0.25, 0.3) is 0 Å². The summed E-state index contributed by atoms with van der Waals surface area (Å²) in [7, 11) is 1.62. The molecule has 0 rings (SSSR count). The molecule has 0 saturated heterocycles. The van der Waals surface area contributed by atoms with Crippen molar-refractivity contribution < 1.29 is 20.3 Å². The Balaban J connectivity index is 2.85. The molecule has 0 bridgehead atoms. The standard InChI is InChI=1S/C3H6O.Mn/c1-3-4-2;/h1-2H3;. The first-order chi connectivity index (χ1) is 2.27. The van der Waals surface area contributed by atoms with E-state index in [0.29, 0.717) is 0 Å². The van der Waals surface area contributed by atoms with Crippen molar-refractivity contribution >= 4 is 4.60 Å². The van der Waals surface area contributed by atoms with Crippen LogP contribution in [-0.2, 0) is 20.3 Å². The first-order valence-corrected chi connectivity index (χ1v) is 1.89. The van der Waals surface area contributed by atoms with Crippen LogP contribution in [0.2, 0.25) is 0 Å². The Bertz CT molecular complexity index is 42.2. The van der Waals surface area contributed by atoms with E-state index in [9.17, 15) is 0 Å². The topological polar surface area (TPSA) is 9.23 Å². The molecule has 0 aliphatic heterocycles. The Hall–Kier alpha value is 0.349. The van der Waals surface area contributed by atoms with Crippen LogP contribution in [0.3, 0.4) is 0 Å². The van der Waals surface area contributed by atoms with Gasteiger partial charge in [-0.15, -0.1) is 0 Å². The minimum absolute atomic E-state index is 0.817. The molecule has 2 heteroatoms. The third-order valence-corrected chi connectivity index (χ3v) is 0.522. The molecule has 0 N–H and O–H groups in total. The van der Waals surface area contributed by atoms with Crippen molar-refractivity contribution in [1.82, 2.24) is 0 Å². The van der Waals surface area contributed by atoms with Crippen LogP contribution in [0.4, 0.5) is 0 Å². The van der Waals surface area contributed by atoms with Crippen LogP contribution in [0.5, 0.6) is 0 Å². The van der Waals surface area contributed by atoms with E-state index >= 15 is 0 Å². The van der Waals surface area contributed by atoms with Gasteiger partial charge in [-0.1, -0.05) is 0 Å². The Morgan fingerprint density at radius 3 is 2.00 bits per heavy atom. The van der Waals surface area contributed by atoms with Gasteiger partial charge >= 0.3 is 38.9 Å². The zero-order valence-corrected chi connectivity index (χ0v) is 4.47. The maximum atomic E-state index is 4.58. The van der Waals surface area contributed by atoms with Crippen LogP contribution >= 0.6 is 0 Å². The van der Waals surface area contributed by atoms with Crippen LogP contribution in [0.25, 0.3) is 0 Å². The van der Waals surface area contributed by atoms with Gasteiger partial charge in [0.15, 0.2) is 0 Å². The van der Waals surface area contributed by atoms with Gasteiger partial charge in [-0.25, -0.2) is 0 Å². The monoisotopic (exact) mass is 113 g/mol. The number of rotatable bonds is 1. The molecule has 31 valence electrons. The summed E-state index contributed by atoms with van der Waals surface area (Å²) >= 11 is 3.07. The van der Waals surface area contributed by atoms with Crippen molar-refractivity contribution in [3.63, 3.8) is 0 Å². The molecular formula is C3H6MnO. The quantitative estimate of drug-likeness (QED) is 0.445. The average Bonchev–Trinajstić information content (AvgIpc) is 1.38. The Kier molecular flexibility index (Phi) is 2.76. The second-order valence-electron chi connectivity index (χ2n) is 0.674. The average molecular weight is 113 g/mol. The summed E-state index contributed by atoms with van der Waals surface area (Å²) in [6.07, 6.45) is 0. The van der Waals surface area contributed by atoms with E-state index in [4.69, 9.17) is 0 Å². The number of methoxy groups -OCH3 is 1. The summed E-state index contributed by atoms with van der Waals surface area (Å²) in [5, 5.41) is 0. The van der Waals surface area contributed by atoms with Gasteiger partial charge in [-0.3, -0.25) is 0 Å². The van der Waals surface area contributed by atoms with Crippen molar-refractivity contribution in [2.75, 3.05) is 7.11 Å². The fraction of sp³-hybridized carbons (Fsp3) is 0.667. The Labute approximate surface area is 39.7 Å². The molecule has 0 aromatic heterocycles. The maximum absolute atomic E-state index is 4.58. The van der Waals surface area contributed by atoms with Gasteiger partial charge in [0.05, 0.1) is 0 Å². The summed E-state index contributed by atoms with van der Waals surface area (Å²) in [5.41, 5.74) is 0. The van der Waals surface area contributed by atoms with Crippen LogP contribution < -0.4 is 0 Å². The number of hydrogen-bond acceptors (Lipinski definition) is 1. The summed E-state index contributed by atoms with van der Waals surface area (Å²) < 4.78 is 5.40. The molecule has 0 aliphatic carbocycles. The second-order valence-corrected chi connectivity index (χ2v) is 1.51. The zero-order valence-electron chi connectivity index (χ0n) is 3.29. The first kappa shape index (κ1) is 5.35. The van der Waals surface area contributed by atoms with Gasteiger partial charge in [0.1, 0.15) is 0 Å². The minimum atomic E-state index is 0.817. The molecule has 0 unspecified atom stereocenters. The van der Waals surface area contributed by atoms with E-state index in [2.05, 4.69) is 20.3 Å². The summed E-state index contributed by atoms with van der Waals surface area (Å²) in [4.78, 5) is 0. The molecule has 0 atom stereocenters. The summed E-state index contributed by atoms with van der Waals surface area (Å²) in [6.45, 7) is 1.83. The molecule has 0 aromatic rings. The van der Waals surface area contributed by atoms with Crippen molar-refractivity contribution in [3.8, 4) is 0 Å². The van der Waals surface area contributed by atoms with E-state index in [-0.39, 0.29) is 0 Å². The van der Waals surface area contributed by atoms with Crippen molar-refractivity contribution in [2.24, 2.45) is 0 Å². The zero-order chi connectivity index (χ0) is 4.28. The predicted octanol–water partition coefficient (Wildman–Crippen LogP) is 0.329. The molecule has 0 heterocycles. The summed E-state index contributed by atoms with van der Waals surface area (Å²) in [6, 6.07) is 0. The fourth-order valence-corrected chi connectivity index (χ4v) is 0. The Morgan fingerprint density at radius 1 is 1.80 bits per heavy atom. The SMILES string of the molecule is CO[C](C)=[Mn]. The molecular weight excluding hydrogens is 107 g/mol. The third kappa shape index (κ3) is 4.35. The molecule has 0 aliphatic rings. The van der Waals surface area contributed by atoms with Crippen LogP contribution in [0, 0.1) is 0 Å². The van der Waals surface area contributed by atoms with Crippen LogP contribution in [-0.4, -0.2) is 11.7 Å². The summed E-state index contributed by atoms with van der Waals surface area (Å²) in [5.74, 6) is 0. The van der Waals surface area contributed by atoms with Gasteiger partial charge in [-0.05, 0) is 0 Å². The third-order valence-electron chi connectivity index (χ3n) is 0.281. The van der Waals surface area contributed by atoms with Gasteiger partial charge < -0.3 is 0 Å². The molecule has 5 heavy (non-hydrogen) atoms.